The molecule has 0 saturated carbocycles. The van der Waals surface area contributed by atoms with Crippen LogP contribution in [0.4, 0.5) is 20.4 Å². The van der Waals surface area contributed by atoms with Crippen LogP contribution in [0.2, 0.25) is 0 Å². The van der Waals surface area contributed by atoms with E-state index in [1.807, 2.05) is 0 Å². The first-order valence-electron chi connectivity index (χ1n) is 8.21. The van der Waals surface area contributed by atoms with E-state index in [1.54, 1.807) is 0 Å². The van der Waals surface area contributed by atoms with Crippen LogP contribution in [0.25, 0.3) is 6.08 Å². The predicted molar refractivity (Wildman–Crippen MR) is 95.8 cm³/mol. The number of amides is 1. The van der Waals surface area contributed by atoms with Gasteiger partial charge in [-0.25, -0.2) is 18.7 Å². The number of carbonyl (C=O) groups excluding carboxylic acids is 1. The van der Waals surface area contributed by atoms with Gasteiger partial charge in [-0.15, -0.1) is 0 Å². The van der Waals surface area contributed by atoms with E-state index >= 15 is 0 Å². The summed E-state index contributed by atoms with van der Waals surface area (Å²) in [5.41, 5.74) is 0.430. The summed E-state index contributed by atoms with van der Waals surface area (Å²) in [4.78, 5) is 24.8. The number of carbonyl (C=O) groups is 1. The van der Waals surface area contributed by atoms with Crippen molar-refractivity contribution in [1.29, 1.82) is 0 Å². The summed E-state index contributed by atoms with van der Waals surface area (Å²) in [5, 5.41) is 2.59. The Balaban J connectivity index is 1.59. The first-order valence-corrected chi connectivity index (χ1v) is 8.21. The molecule has 1 aromatic carbocycles. The molecule has 1 amide bonds. The summed E-state index contributed by atoms with van der Waals surface area (Å²) in [5.74, 6) is -1.03. The van der Waals surface area contributed by atoms with Crippen molar-refractivity contribution in [3.8, 4) is 0 Å². The minimum Gasteiger partial charge on any atom is -0.338 e. The van der Waals surface area contributed by atoms with Crippen LogP contribution in [0.5, 0.6) is 0 Å². The summed E-state index contributed by atoms with van der Waals surface area (Å²) in [6, 6.07) is 3.05. The maximum absolute atomic E-state index is 13.5. The highest BCUT2D eigenvalue weighted by molar-refractivity contribution is 6.01. The van der Waals surface area contributed by atoms with Crippen LogP contribution in [0.15, 0.2) is 36.7 Å². The molecule has 3 rings (SSSR count). The van der Waals surface area contributed by atoms with E-state index in [0.717, 1.165) is 50.5 Å². The molecular weight excluding hydrogens is 340 g/mol. The molecule has 1 saturated heterocycles. The molecule has 0 radical (unpaired) electrons. The highest BCUT2D eigenvalue weighted by Gasteiger charge is 2.16. The third-order valence-corrected chi connectivity index (χ3v) is 4.06. The fourth-order valence-corrected chi connectivity index (χ4v) is 2.55. The second-order valence-electron chi connectivity index (χ2n) is 6.05. The lowest BCUT2D eigenvalue weighted by Crippen LogP contribution is -2.45. The highest BCUT2D eigenvalue weighted by atomic mass is 19.1. The number of hydrogen-bond donors (Lipinski definition) is 1. The van der Waals surface area contributed by atoms with Crippen molar-refractivity contribution < 1.29 is 13.6 Å². The van der Waals surface area contributed by atoms with E-state index in [4.69, 9.17) is 0 Å². The van der Waals surface area contributed by atoms with Crippen LogP contribution >= 0.6 is 0 Å². The molecule has 136 valence electrons. The summed E-state index contributed by atoms with van der Waals surface area (Å²) < 4.78 is 26.6. The summed E-state index contributed by atoms with van der Waals surface area (Å²) in [6.07, 6.45) is 5.39. The Kier molecular flexibility index (Phi) is 5.52. The number of rotatable bonds is 4. The van der Waals surface area contributed by atoms with E-state index in [9.17, 15) is 13.6 Å². The smallest absolute Gasteiger partial charge is 0.248 e. The number of piperazine rings is 1. The molecule has 26 heavy (non-hydrogen) atoms. The molecular formula is C18H19F2N5O. The lowest BCUT2D eigenvalue weighted by atomic mass is 10.2. The minimum absolute atomic E-state index is 0.00168. The summed E-state index contributed by atoms with van der Waals surface area (Å²) >= 11 is 0. The Morgan fingerprint density at radius 2 is 1.85 bits per heavy atom. The molecule has 6 nitrogen and oxygen atoms in total. The molecule has 0 atom stereocenters. The van der Waals surface area contributed by atoms with Crippen molar-refractivity contribution in [3.05, 3.63) is 53.9 Å². The number of likely N-dealkylation sites (N-methyl/N-ethyl adjacent to an activating group) is 1. The number of nitrogens with one attached hydrogen (secondary N) is 1. The Morgan fingerprint density at radius 1 is 1.15 bits per heavy atom. The molecule has 1 aliphatic rings. The largest absolute Gasteiger partial charge is 0.338 e. The normalized spacial score (nSPS) is 15.4. The van der Waals surface area contributed by atoms with Crippen LogP contribution in [-0.2, 0) is 4.79 Å². The minimum atomic E-state index is -0.602. The first kappa shape index (κ1) is 17.9. The zero-order chi connectivity index (χ0) is 18.5. The molecule has 0 unspecified atom stereocenters. The van der Waals surface area contributed by atoms with Gasteiger partial charge in [0.25, 0.3) is 0 Å². The number of halogens is 2. The Labute approximate surface area is 150 Å². The quantitative estimate of drug-likeness (QED) is 0.848. The fraction of sp³-hybridized carbons (Fsp3) is 0.278. The van der Waals surface area contributed by atoms with Crippen molar-refractivity contribution in [2.24, 2.45) is 0 Å². The molecule has 1 aliphatic heterocycles. The van der Waals surface area contributed by atoms with Crippen molar-refractivity contribution >= 4 is 23.6 Å². The summed E-state index contributed by atoms with van der Waals surface area (Å²) in [7, 11) is 2.07. The lowest BCUT2D eigenvalue weighted by molar-refractivity contribution is -0.111. The second-order valence-corrected chi connectivity index (χ2v) is 6.05. The van der Waals surface area contributed by atoms with E-state index < -0.39 is 17.5 Å². The van der Waals surface area contributed by atoms with Gasteiger partial charge in [0.05, 0.1) is 18.1 Å². The van der Waals surface area contributed by atoms with Crippen molar-refractivity contribution in [2.45, 2.75) is 0 Å². The van der Waals surface area contributed by atoms with E-state index in [2.05, 4.69) is 32.1 Å². The maximum atomic E-state index is 13.5. The maximum Gasteiger partial charge on any atom is 0.248 e. The molecule has 2 heterocycles. The predicted octanol–water partition coefficient (Wildman–Crippen LogP) is 2.16. The van der Waals surface area contributed by atoms with Gasteiger partial charge in [-0.3, -0.25) is 4.79 Å². The Hall–Kier alpha value is -2.87. The van der Waals surface area contributed by atoms with Crippen LogP contribution in [-0.4, -0.2) is 54.0 Å². The topological polar surface area (TPSA) is 61.4 Å². The number of hydrogen-bond acceptors (Lipinski definition) is 5. The standard InChI is InChI=1S/C18H19F2N5O/c1-24-6-8-25(9-7-24)18-21-11-15(12-22-18)23-17(26)5-2-13-10-14(19)3-4-16(13)20/h2-5,10-12H,6-9H2,1H3,(H,23,26)/b5-2+. The molecule has 1 aromatic heterocycles. The van der Waals surface area contributed by atoms with Gasteiger partial charge >= 0.3 is 0 Å². The SMILES string of the molecule is CN1CCN(c2ncc(NC(=O)/C=C/c3cc(F)ccc3F)cn2)CC1. The lowest BCUT2D eigenvalue weighted by Gasteiger charge is -2.32. The van der Waals surface area contributed by atoms with Crippen LogP contribution in [0.3, 0.4) is 0 Å². The fourth-order valence-electron chi connectivity index (χ4n) is 2.55. The summed E-state index contributed by atoms with van der Waals surface area (Å²) in [6.45, 7) is 3.60. The van der Waals surface area contributed by atoms with Crippen LogP contribution in [0, 0.1) is 11.6 Å². The molecule has 0 bridgehead atoms. The number of anilines is 2. The van der Waals surface area contributed by atoms with Crippen molar-refractivity contribution in [2.75, 3.05) is 43.4 Å². The van der Waals surface area contributed by atoms with Crippen molar-refractivity contribution in [3.63, 3.8) is 0 Å². The highest BCUT2D eigenvalue weighted by Crippen LogP contribution is 2.13. The van der Waals surface area contributed by atoms with Gasteiger partial charge in [-0.05, 0) is 31.3 Å². The van der Waals surface area contributed by atoms with Gasteiger partial charge < -0.3 is 15.1 Å². The zero-order valence-corrected chi connectivity index (χ0v) is 14.3. The zero-order valence-electron chi connectivity index (χ0n) is 14.3. The number of aromatic nitrogens is 2. The molecule has 1 N–H and O–H groups in total. The van der Waals surface area contributed by atoms with Gasteiger partial charge in [0.15, 0.2) is 0 Å². The van der Waals surface area contributed by atoms with Gasteiger partial charge in [0, 0.05) is 37.8 Å². The first-order chi connectivity index (χ1) is 12.5. The Morgan fingerprint density at radius 3 is 2.54 bits per heavy atom. The van der Waals surface area contributed by atoms with Gasteiger partial charge in [-0.2, -0.15) is 0 Å². The molecule has 8 heteroatoms. The van der Waals surface area contributed by atoms with Crippen LogP contribution < -0.4 is 10.2 Å². The van der Waals surface area contributed by atoms with E-state index in [1.165, 1.54) is 18.5 Å². The van der Waals surface area contributed by atoms with Gasteiger partial charge in [0.2, 0.25) is 11.9 Å². The van der Waals surface area contributed by atoms with Gasteiger partial charge in [-0.1, -0.05) is 0 Å². The monoisotopic (exact) mass is 359 g/mol. The molecule has 2 aromatic rings. The van der Waals surface area contributed by atoms with E-state index in [-0.39, 0.29) is 5.56 Å². The second kappa shape index (κ2) is 8.01. The third-order valence-electron chi connectivity index (χ3n) is 4.06. The van der Waals surface area contributed by atoms with E-state index in [0.29, 0.717) is 11.6 Å². The Bertz CT molecular complexity index is 802. The third kappa shape index (κ3) is 4.60. The van der Waals surface area contributed by atoms with Crippen molar-refractivity contribution in [1.82, 2.24) is 14.9 Å². The number of nitrogens with zero attached hydrogens (tertiary/aromatic N) is 4. The average molecular weight is 359 g/mol. The van der Waals surface area contributed by atoms with Crippen LogP contribution in [0.1, 0.15) is 5.56 Å². The average Bonchev–Trinajstić information content (AvgIpc) is 2.64. The number of benzene rings is 1. The van der Waals surface area contributed by atoms with Gasteiger partial charge in [0.1, 0.15) is 11.6 Å². The molecule has 1 fully saturated rings. The molecule has 0 spiro atoms. The molecule has 0 aliphatic carbocycles.